The van der Waals surface area contributed by atoms with Crippen molar-refractivity contribution >= 4 is 35.0 Å². The van der Waals surface area contributed by atoms with E-state index in [9.17, 15) is 14.4 Å². The summed E-state index contributed by atoms with van der Waals surface area (Å²) in [4.78, 5) is 42.6. The summed E-state index contributed by atoms with van der Waals surface area (Å²) in [5, 5.41) is 18.5. The summed E-state index contributed by atoms with van der Waals surface area (Å²) in [6, 6.07) is 5.51. The van der Waals surface area contributed by atoms with Crippen LogP contribution in [-0.2, 0) is 15.0 Å². The number of fused-ring (bicyclic) bond motifs is 1. The summed E-state index contributed by atoms with van der Waals surface area (Å²) in [6.07, 6.45) is 4.41. The summed E-state index contributed by atoms with van der Waals surface area (Å²) in [6.45, 7) is 2.94. The number of rotatable bonds is 6. The van der Waals surface area contributed by atoms with Gasteiger partial charge in [0.2, 0.25) is 17.8 Å². The van der Waals surface area contributed by atoms with Gasteiger partial charge in [-0.3, -0.25) is 14.4 Å². The number of carbonyl (C=O) groups excluding carboxylic acids is 3. The molecule has 2 aliphatic carbocycles. The molecule has 1 aliphatic heterocycles. The maximum absolute atomic E-state index is 12.5. The molecule has 0 bridgehead atoms. The average molecular weight is 476 g/mol. The molecule has 35 heavy (non-hydrogen) atoms. The van der Waals surface area contributed by atoms with Gasteiger partial charge in [0.25, 0.3) is 5.91 Å². The third-order valence-electron chi connectivity index (χ3n) is 7.73. The summed E-state index contributed by atoms with van der Waals surface area (Å²) in [7, 11) is 1.51. The molecule has 0 radical (unpaired) electrons. The van der Waals surface area contributed by atoms with Gasteiger partial charge in [0.1, 0.15) is 0 Å². The first-order chi connectivity index (χ1) is 16.8. The number of anilines is 2. The monoisotopic (exact) mass is 475 g/mol. The third-order valence-corrected chi connectivity index (χ3v) is 7.73. The Hall–Kier alpha value is -4.09. The van der Waals surface area contributed by atoms with Crippen molar-refractivity contribution < 1.29 is 14.4 Å². The zero-order valence-corrected chi connectivity index (χ0v) is 19.4. The van der Waals surface area contributed by atoms with Crippen LogP contribution in [0.2, 0.25) is 0 Å². The van der Waals surface area contributed by atoms with E-state index in [1.165, 1.54) is 7.05 Å². The second kappa shape index (κ2) is 7.20. The second-order valence-electron chi connectivity index (χ2n) is 9.74. The van der Waals surface area contributed by atoms with Crippen molar-refractivity contribution in [2.24, 2.45) is 11.1 Å². The highest BCUT2D eigenvalue weighted by Crippen LogP contribution is 2.78. The highest BCUT2D eigenvalue weighted by Gasteiger charge is 2.78. The van der Waals surface area contributed by atoms with E-state index in [-0.39, 0.29) is 28.9 Å². The van der Waals surface area contributed by atoms with Crippen molar-refractivity contribution in [3.63, 3.8) is 0 Å². The van der Waals surface area contributed by atoms with Crippen LogP contribution in [0.3, 0.4) is 0 Å². The summed E-state index contributed by atoms with van der Waals surface area (Å²) < 4.78 is 1.66. The molecule has 12 nitrogen and oxygen atoms in total. The van der Waals surface area contributed by atoms with Crippen molar-refractivity contribution in [1.29, 1.82) is 0 Å². The van der Waals surface area contributed by atoms with Crippen LogP contribution in [0.15, 0.2) is 24.4 Å². The molecule has 3 aromatic heterocycles. The minimum Gasteiger partial charge on any atom is -0.369 e. The molecule has 3 aromatic rings. The second-order valence-corrected chi connectivity index (χ2v) is 9.74. The number of hydrogen-bond donors (Lipinski definition) is 3. The van der Waals surface area contributed by atoms with Crippen LogP contribution in [0.5, 0.6) is 0 Å². The molecule has 4 N–H and O–H groups in total. The predicted molar refractivity (Wildman–Crippen MR) is 124 cm³/mol. The highest BCUT2D eigenvalue weighted by molar-refractivity contribution is 5.98. The van der Waals surface area contributed by atoms with E-state index in [1.807, 2.05) is 18.3 Å². The van der Waals surface area contributed by atoms with Gasteiger partial charge < -0.3 is 21.3 Å². The van der Waals surface area contributed by atoms with Crippen molar-refractivity contribution in [1.82, 2.24) is 35.0 Å². The molecule has 0 unspecified atom stereocenters. The standard InChI is InChI=1S/C23H25N9O3/c1-12(33)31-8-14(9-31)13-3-4-17-27-21(30-32(17)10-13)26-15-7-16(28-29-18(15)19(34)25-2)23(20(24)35)11-22(23)5-6-22/h3-4,7,10,14H,5-6,8-9,11H2,1-2H3,(H2,24,35)(H,25,34)(H,26,28,30)/t23-/m1/s1. The molecule has 3 aliphatic rings. The van der Waals surface area contributed by atoms with Gasteiger partial charge in [-0.15, -0.1) is 10.2 Å². The van der Waals surface area contributed by atoms with E-state index in [2.05, 4.69) is 30.9 Å². The first-order valence-electron chi connectivity index (χ1n) is 11.6. The first kappa shape index (κ1) is 21.4. The molecule has 2 saturated carbocycles. The van der Waals surface area contributed by atoms with Crippen LogP contribution in [0.4, 0.5) is 11.6 Å². The molecule has 180 valence electrons. The number of hydrogen-bond acceptors (Lipinski definition) is 8. The Labute approximate surface area is 200 Å². The number of nitrogens with zero attached hydrogens (tertiary/aromatic N) is 6. The Morgan fingerprint density at radius 1 is 1.17 bits per heavy atom. The molecule has 0 aromatic carbocycles. The molecule has 4 heterocycles. The van der Waals surface area contributed by atoms with Crippen molar-refractivity contribution in [3.8, 4) is 0 Å². The van der Waals surface area contributed by atoms with Gasteiger partial charge in [0.15, 0.2) is 11.3 Å². The van der Waals surface area contributed by atoms with E-state index in [0.717, 1.165) is 18.4 Å². The van der Waals surface area contributed by atoms with Crippen LogP contribution >= 0.6 is 0 Å². The van der Waals surface area contributed by atoms with Gasteiger partial charge in [0.05, 0.1) is 16.8 Å². The highest BCUT2D eigenvalue weighted by atomic mass is 16.2. The fraction of sp³-hybridized carbons (Fsp3) is 0.435. The average Bonchev–Trinajstić information content (AvgIpc) is 3.67. The van der Waals surface area contributed by atoms with Crippen molar-refractivity contribution in [2.75, 3.05) is 25.5 Å². The number of nitrogens with two attached hydrogens (primary N) is 1. The molecular formula is C23H25N9O3. The number of aromatic nitrogens is 5. The third kappa shape index (κ3) is 3.16. The first-order valence-corrected chi connectivity index (χ1v) is 11.6. The zero-order valence-electron chi connectivity index (χ0n) is 19.4. The minimum atomic E-state index is -0.838. The number of nitrogens with one attached hydrogen (secondary N) is 2. The smallest absolute Gasteiger partial charge is 0.273 e. The molecule has 6 rings (SSSR count). The fourth-order valence-corrected chi connectivity index (χ4v) is 5.30. The van der Waals surface area contributed by atoms with E-state index < -0.39 is 17.2 Å². The van der Waals surface area contributed by atoms with Crippen molar-refractivity contribution in [3.05, 3.63) is 41.3 Å². The summed E-state index contributed by atoms with van der Waals surface area (Å²) >= 11 is 0. The molecular weight excluding hydrogens is 450 g/mol. The lowest BCUT2D eigenvalue weighted by Gasteiger charge is -2.38. The molecule has 3 fully saturated rings. The SMILES string of the molecule is CNC(=O)c1nnc([C@@]2(C(N)=O)CC23CC3)cc1Nc1nc2ccc(C3CN(C(C)=O)C3)cn2n1. The van der Waals surface area contributed by atoms with E-state index in [4.69, 9.17) is 5.73 Å². The van der Waals surface area contributed by atoms with Crippen LogP contribution < -0.4 is 16.4 Å². The normalized spacial score (nSPS) is 22.1. The van der Waals surface area contributed by atoms with Crippen molar-refractivity contribution in [2.45, 2.75) is 37.5 Å². The predicted octanol–water partition coefficient (Wildman–Crippen LogP) is 0.475. The minimum absolute atomic E-state index is 0.0692. The number of primary amides is 1. The Morgan fingerprint density at radius 3 is 2.57 bits per heavy atom. The lowest BCUT2D eigenvalue weighted by Crippen LogP contribution is -2.47. The maximum Gasteiger partial charge on any atom is 0.273 e. The van der Waals surface area contributed by atoms with Gasteiger partial charge in [-0.25, -0.2) is 4.52 Å². The number of carbonyl (C=O) groups is 3. The maximum atomic E-state index is 12.5. The molecule has 1 saturated heterocycles. The van der Waals surface area contributed by atoms with E-state index >= 15 is 0 Å². The molecule has 1 spiro atoms. The van der Waals surface area contributed by atoms with E-state index in [0.29, 0.717) is 36.5 Å². The Bertz CT molecular complexity index is 1410. The number of likely N-dealkylation sites (tertiary alicyclic amines) is 1. The van der Waals surface area contributed by atoms with Crippen LogP contribution in [0.25, 0.3) is 5.65 Å². The summed E-state index contributed by atoms with van der Waals surface area (Å²) in [5.74, 6) is -0.239. The fourth-order valence-electron chi connectivity index (χ4n) is 5.30. The lowest BCUT2D eigenvalue weighted by atomic mass is 9.93. The Morgan fingerprint density at radius 2 is 1.94 bits per heavy atom. The number of pyridine rings is 1. The van der Waals surface area contributed by atoms with Crippen LogP contribution in [0.1, 0.15) is 53.8 Å². The lowest BCUT2D eigenvalue weighted by molar-refractivity contribution is -0.133. The van der Waals surface area contributed by atoms with Gasteiger partial charge in [0, 0.05) is 39.2 Å². The van der Waals surface area contributed by atoms with Gasteiger partial charge >= 0.3 is 0 Å². The topological polar surface area (TPSA) is 160 Å². The Kier molecular flexibility index (Phi) is 4.41. The van der Waals surface area contributed by atoms with Gasteiger partial charge in [-0.1, -0.05) is 6.07 Å². The van der Waals surface area contributed by atoms with E-state index in [1.54, 1.807) is 22.4 Å². The van der Waals surface area contributed by atoms with Crippen LogP contribution in [-0.4, -0.2) is 67.6 Å². The largest absolute Gasteiger partial charge is 0.369 e. The summed E-state index contributed by atoms with van der Waals surface area (Å²) in [5.41, 5.74) is 7.40. The molecule has 12 heteroatoms. The van der Waals surface area contributed by atoms with Gasteiger partial charge in [-0.05, 0) is 42.4 Å². The van der Waals surface area contributed by atoms with Crippen LogP contribution in [0, 0.1) is 5.41 Å². The zero-order chi connectivity index (χ0) is 24.5. The van der Waals surface area contributed by atoms with Gasteiger partial charge in [-0.2, -0.15) is 10.1 Å². The quantitative estimate of drug-likeness (QED) is 0.464. The molecule has 1 atom stereocenters. The Balaban J connectivity index is 1.31. The number of amides is 3. The molecule has 3 amide bonds.